The van der Waals surface area contributed by atoms with Crippen LogP contribution in [0.25, 0.3) is 0 Å². The molecule has 2 N–H and O–H groups in total. The van der Waals surface area contributed by atoms with Crippen LogP contribution in [0, 0.1) is 23.7 Å². The number of rotatable bonds is 9. The third-order valence-corrected chi connectivity index (χ3v) is 10.8. The lowest BCUT2D eigenvalue weighted by Crippen LogP contribution is -2.70. The van der Waals surface area contributed by atoms with Crippen molar-refractivity contribution < 1.29 is 28.6 Å². The van der Waals surface area contributed by atoms with Gasteiger partial charge in [0.25, 0.3) is 0 Å². The van der Waals surface area contributed by atoms with E-state index in [1.165, 1.54) is 0 Å². The summed E-state index contributed by atoms with van der Waals surface area (Å²) >= 11 is 0. The Balaban J connectivity index is 1.05. The number of nitrogens with zero attached hydrogens (tertiary/aromatic N) is 2. The van der Waals surface area contributed by atoms with Gasteiger partial charge in [0.15, 0.2) is 0 Å². The van der Waals surface area contributed by atoms with Crippen LogP contribution < -0.4 is 10.6 Å². The number of hydrogen-bond acceptors (Lipinski definition) is 7. The fraction of sp³-hybridized carbons (Fsp3) is 0.897. The van der Waals surface area contributed by atoms with Crippen LogP contribution >= 0.6 is 0 Å². The predicted molar refractivity (Wildman–Crippen MR) is 143 cm³/mol. The van der Waals surface area contributed by atoms with E-state index in [1.807, 2.05) is 4.90 Å². The quantitative estimate of drug-likeness (QED) is 0.414. The van der Waals surface area contributed by atoms with Crippen molar-refractivity contribution in [3.63, 3.8) is 0 Å². The number of carbonyl (C=O) groups excluding carboxylic acids is 3. The van der Waals surface area contributed by atoms with Crippen LogP contribution in [0.3, 0.4) is 0 Å². The van der Waals surface area contributed by atoms with E-state index in [4.69, 9.17) is 14.2 Å². The number of hydrogen-bond donors (Lipinski definition) is 2. The standard InChI is InChI=1S/C29H46N4O6/c1-37-22-9-7-19-25(28(22)38-2)29(36)33-21-8-6-17(15-20(21)18-10-12-31-26(19)27(18)33)39-16-23(34)30-11-4-14-32-13-3-5-24(32)35/h17-22,25-28,31H,3-16H2,1-2H3,(H,30,34). The van der Waals surface area contributed by atoms with Gasteiger partial charge in [-0.05, 0) is 75.7 Å². The molecule has 0 spiro atoms. The second kappa shape index (κ2) is 11.6. The molecule has 3 amide bonds. The Kier molecular flexibility index (Phi) is 8.17. The number of carbonyl (C=O) groups is 3. The van der Waals surface area contributed by atoms with E-state index in [1.54, 1.807) is 14.2 Å². The molecule has 10 atom stereocenters. The van der Waals surface area contributed by atoms with Gasteiger partial charge in [-0.3, -0.25) is 14.4 Å². The molecule has 0 bridgehead atoms. The smallest absolute Gasteiger partial charge is 0.246 e. The molecule has 2 saturated carbocycles. The molecule has 4 heterocycles. The van der Waals surface area contributed by atoms with Crippen molar-refractivity contribution in [2.24, 2.45) is 23.7 Å². The topological polar surface area (TPSA) is 109 Å². The molecule has 0 radical (unpaired) electrons. The highest BCUT2D eigenvalue weighted by Crippen LogP contribution is 2.54. The molecule has 39 heavy (non-hydrogen) atoms. The van der Waals surface area contributed by atoms with Crippen molar-refractivity contribution in [1.82, 2.24) is 20.4 Å². The average molecular weight is 547 g/mol. The highest BCUT2D eigenvalue weighted by molar-refractivity contribution is 5.83. The average Bonchev–Trinajstić information content (AvgIpc) is 3.52. The molecule has 10 heteroatoms. The molecule has 0 aromatic rings. The molecule has 6 aliphatic rings. The Morgan fingerprint density at radius 3 is 2.69 bits per heavy atom. The Morgan fingerprint density at radius 1 is 1.05 bits per heavy atom. The second-order valence-corrected chi connectivity index (χ2v) is 12.6. The first-order valence-corrected chi connectivity index (χ1v) is 15.3. The maximum absolute atomic E-state index is 14.1. The lowest BCUT2D eigenvalue weighted by atomic mass is 9.64. The minimum Gasteiger partial charge on any atom is -0.379 e. The summed E-state index contributed by atoms with van der Waals surface area (Å²) in [7, 11) is 3.45. The van der Waals surface area contributed by atoms with Crippen LogP contribution in [0.5, 0.6) is 0 Å². The van der Waals surface area contributed by atoms with Crippen LogP contribution in [-0.4, -0.2) is 111 Å². The van der Waals surface area contributed by atoms with Gasteiger partial charge in [0.05, 0.1) is 30.3 Å². The number of methoxy groups -OCH3 is 2. The Hall–Kier alpha value is -1.75. The molecular weight excluding hydrogens is 500 g/mol. The molecule has 10 nitrogen and oxygen atoms in total. The number of fused-ring (bicyclic) bond motifs is 5. The molecule has 10 unspecified atom stereocenters. The lowest BCUT2D eigenvalue weighted by Gasteiger charge is -2.55. The van der Waals surface area contributed by atoms with Gasteiger partial charge in [0, 0.05) is 52.4 Å². The van der Waals surface area contributed by atoms with E-state index >= 15 is 0 Å². The third kappa shape index (κ3) is 5.00. The van der Waals surface area contributed by atoms with E-state index in [9.17, 15) is 14.4 Å². The van der Waals surface area contributed by atoms with Crippen LogP contribution in [0.4, 0.5) is 0 Å². The van der Waals surface area contributed by atoms with Crippen LogP contribution in [0.1, 0.15) is 57.8 Å². The molecule has 6 fully saturated rings. The highest BCUT2D eigenvalue weighted by Gasteiger charge is 2.64. The van der Waals surface area contributed by atoms with E-state index < -0.39 is 0 Å². The highest BCUT2D eigenvalue weighted by atomic mass is 16.5. The van der Waals surface area contributed by atoms with E-state index in [2.05, 4.69) is 15.5 Å². The van der Waals surface area contributed by atoms with Gasteiger partial charge in [0.2, 0.25) is 17.7 Å². The summed E-state index contributed by atoms with van der Waals surface area (Å²) in [5.41, 5.74) is 0. The second-order valence-electron chi connectivity index (χ2n) is 12.6. The van der Waals surface area contributed by atoms with Gasteiger partial charge in [-0.25, -0.2) is 0 Å². The SMILES string of the molecule is COC1CCC2C3NCCC4C5CC(OCC(=O)NCCCN6CCCC6=O)CCC5N(C(=O)C2C1OC)C43. The molecule has 0 aromatic carbocycles. The van der Waals surface area contributed by atoms with Crippen molar-refractivity contribution in [3.05, 3.63) is 0 Å². The third-order valence-electron chi connectivity index (χ3n) is 10.8. The van der Waals surface area contributed by atoms with E-state index in [0.29, 0.717) is 37.4 Å². The number of amides is 3. The van der Waals surface area contributed by atoms with E-state index in [0.717, 1.165) is 64.5 Å². The number of likely N-dealkylation sites (tertiary alicyclic amines) is 1. The summed E-state index contributed by atoms with van der Waals surface area (Å²) < 4.78 is 17.8. The summed E-state index contributed by atoms with van der Waals surface area (Å²) in [6.07, 6.45) is 7.90. The largest absolute Gasteiger partial charge is 0.379 e. The Morgan fingerprint density at radius 2 is 1.92 bits per heavy atom. The normalized spacial score (nSPS) is 41.3. The maximum atomic E-state index is 14.1. The van der Waals surface area contributed by atoms with Gasteiger partial charge < -0.3 is 34.6 Å². The van der Waals surface area contributed by atoms with Crippen molar-refractivity contribution in [2.45, 2.75) is 94.2 Å². The van der Waals surface area contributed by atoms with Crippen molar-refractivity contribution in [1.29, 1.82) is 0 Å². The van der Waals surface area contributed by atoms with Gasteiger partial charge >= 0.3 is 0 Å². The minimum atomic E-state index is -0.197. The molecule has 0 aromatic heterocycles. The Bertz CT molecular complexity index is 933. The summed E-state index contributed by atoms with van der Waals surface area (Å²) in [5.74, 6) is 1.45. The fourth-order valence-electron chi connectivity index (χ4n) is 9.17. The Labute approximate surface area is 231 Å². The van der Waals surface area contributed by atoms with Crippen LogP contribution in [-0.2, 0) is 28.6 Å². The zero-order valence-corrected chi connectivity index (χ0v) is 23.5. The lowest BCUT2D eigenvalue weighted by molar-refractivity contribution is -0.175. The minimum absolute atomic E-state index is 0.0347. The molecule has 6 rings (SSSR count). The molecule has 4 saturated heterocycles. The van der Waals surface area contributed by atoms with Crippen molar-refractivity contribution >= 4 is 17.7 Å². The van der Waals surface area contributed by atoms with Gasteiger partial charge in [-0.1, -0.05) is 0 Å². The predicted octanol–water partition coefficient (Wildman–Crippen LogP) is 0.928. The number of nitrogens with one attached hydrogen (secondary N) is 2. The van der Waals surface area contributed by atoms with E-state index in [-0.39, 0.29) is 66.6 Å². The van der Waals surface area contributed by atoms with Crippen molar-refractivity contribution in [2.75, 3.05) is 47.0 Å². The molecular formula is C29H46N4O6. The number of piperidine rings is 2. The maximum Gasteiger partial charge on any atom is 0.246 e. The monoisotopic (exact) mass is 546 g/mol. The zero-order chi connectivity index (χ0) is 27.1. The zero-order valence-electron chi connectivity index (χ0n) is 23.5. The molecule has 2 aliphatic carbocycles. The van der Waals surface area contributed by atoms with Gasteiger partial charge in [-0.2, -0.15) is 0 Å². The van der Waals surface area contributed by atoms with Crippen molar-refractivity contribution in [3.8, 4) is 0 Å². The first-order valence-electron chi connectivity index (χ1n) is 15.3. The van der Waals surface area contributed by atoms with Gasteiger partial charge in [-0.15, -0.1) is 0 Å². The molecule has 218 valence electrons. The molecule has 4 aliphatic heterocycles. The summed E-state index contributed by atoms with van der Waals surface area (Å²) in [6, 6.07) is 0.815. The first-order chi connectivity index (χ1) is 19.0. The first kappa shape index (κ1) is 27.4. The van der Waals surface area contributed by atoms with Crippen LogP contribution in [0.2, 0.25) is 0 Å². The fourth-order valence-corrected chi connectivity index (χ4v) is 9.17. The summed E-state index contributed by atoms with van der Waals surface area (Å²) in [4.78, 5) is 42.5. The van der Waals surface area contributed by atoms with Gasteiger partial charge in [0.1, 0.15) is 6.61 Å². The van der Waals surface area contributed by atoms with Crippen LogP contribution in [0.15, 0.2) is 0 Å². The number of ether oxygens (including phenoxy) is 3. The summed E-state index contributed by atoms with van der Waals surface area (Å²) in [6.45, 7) is 3.17. The summed E-state index contributed by atoms with van der Waals surface area (Å²) in [5, 5.41) is 6.78.